The Morgan fingerprint density at radius 2 is 2.00 bits per heavy atom. The number of ether oxygens (including phenoxy) is 2. The Balaban J connectivity index is 0.00000400. The fourth-order valence-corrected chi connectivity index (χ4v) is 2.73. The molecule has 0 atom stereocenters. The van der Waals surface area contributed by atoms with Crippen LogP contribution in [0.25, 0.3) is 0 Å². The average Bonchev–Trinajstić information content (AvgIpc) is 2.51. The second-order valence-corrected chi connectivity index (χ2v) is 6.04. The minimum absolute atomic E-state index is 0. The number of rotatable bonds is 8. The van der Waals surface area contributed by atoms with Crippen molar-refractivity contribution >= 4 is 41.7 Å². The van der Waals surface area contributed by atoms with Gasteiger partial charge in [-0.1, -0.05) is 0 Å². The van der Waals surface area contributed by atoms with Gasteiger partial charge in [-0.05, 0) is 24.9 Å². The summed E-state index contributed by atoms with van der Waals surface area (Å²) in [5.74, 6) is 2.08. The van der Waals surface area contributed by atoms with Crippen molar-refractivity contribution in [1.82, 2.24) is 10.6 Å². The molecule has 1 rings (SSSR count). The maximum Gasteiger partial charge on any atom is 0.191 e. The van der Waals surface area contributed by atoms with Crippen LogP contribution in [0.2, 0.25) is 0 Å². The van der Waals surface area contributed by atoms with Crippen LogP contribution in [0.3, 0.4) is 0 Å². The number of nitrogens with zero attached hydrogens (tertiary/aromatic N) is 1. The Bertz CT molecular complexity index is 287. The van der Waals surface area contributed by atoms with Crippen LogP contribution in [0.4, 0.5) is 0 Å². The molecule has 0 radical (unpaired) electrons. The summed E-state index contributed by atoms with van der Waals surface area (Å²) < 4.78 is 11.1. The molecule has 0 aromatic heterocycles. The first kappa shape index (κ1) is 21.3. The van der Waals surface area contributed by atoms with E-state index in [0.29, 0.717) is 0 Å². The van der Waals surface area contributed by atoms with Crippen molar-refractivity contribution in [3.05, 3.63) is 0 Å². The maximum atomic E-state index is 5.70. The van der Waals surface area contributed by atoms with Crippen LogP contribution in [0.5, 0.6) is 0 Å². The van der Waals surface area contributed by atoms with E-state index in [-0.39, 0.29) is 29.6 Å². The molecule has 7 heteroatoms. The first-order chi connectivity index (χ1) is 9.76. The topological polar surface area (TPSA) is 54.9 Å². The molecular formula is C14H30IN3O2S. The minimum Gasteiger partial charge on any atom is -0.381 e. The lowest BCUT2D eigenvalue weighted by atomic mass is 9.94. The first-order valence-electron chi connectivity index (χ1n) is 7.33. The van der Waals surface area contributed by atoms with Crippen LogP contribution in [0.15, 0.2) is 4.99 Å². The molecule has 1 fully saturated rings. The van der Waals surface area contributed by atoms with Crippen molar-refractivity contribution in [2.24, 2.45) is 4.99 Å². The van der Waals surface area contributed by atoms with E-state index in [0.717, 1.165) is 45.1 Å². The third-order valence-corrected chi connectivity index (χ3v) is 4.40. The van der Waals surface area contributed by atoms with Crippen molar-refractivity contribution < 1.29 is 9.47 Å². The molecule has 0 amide bonds. The highest BCUT2D eigenvalue weighted by Gasteiger charge is 2.32. The quantitative estimate of drug-likeness (QED) is 0.267. The molecule has 2 N–H and O–H groups in total. The number of hydrogen-bond donors (Lipinski definition) is 2. The summed E-state index contributed by atoms with van der Waals surface area (Å²) in [7, 11) is 3.59. The second-order valence-electron chi connectivity index (χ2n) is 5.05. The van der Waals surface area contributed by atoms with Crippen LogP contribution in [-0.2, 0) is 9.47 Å². The normalized spacial score (nSPS) is 18.0. The number of aliphatic imine (C=N–C) groups is 1. The fraction of sp³-hybridized carbons (Fsp3) is 0.929. The van der Waals surface area contributed by atoms with E-state index in [9.17, 15) is 0 Å². The number of nitrogens with one attached hydrogen (secondary N) is 2. The summed E-state index contributed by atoms with van der Waals surface area (Å²) in [4.78, 5) is 4.26. The van der Waals surface area contributed by atoms with Gasteiger partial charge in [0.15, 0.2) is 5.96 Å². The van der Waals surface area contributed by atoms with Gasteiger partial charge in [-0.3, -0.25) is 4.99 Å². The number of methoxy groups -OCH3 is 1. The van der Waals surface area contributed by atoms with Crippen LogP contribution in [-0.4, -0.2) is 64.0 Å². The molecule has 1 heterocycles. The molecule has 1 aliphatic rings. The molecule has 0 spiro atoms. The zero-order valence-corrected chi connectivity index (χ0v) is 16.6. The van der Waals surface area contributed by atoms with Crippen LogP contribution in [0.1, 0.15) is 25.7 Å². The Morgan fingerprint density at radius 1 is 1.29 bits per heavy atom. The molecule has 0 bridgehead atoms. The van der Waals surface area contributed by atoms with Gasteiger partial charge in [0, 0.05) is 53.3 Å². The SMILES string of the molecule is CN=C(NCCCCSC)NCC1(OC)CCOCC1.I. The van der Waals surface area contributed by atoms with Crippen LogP contribution < -0.4 is 10.6 Å². The molecule has 0 aromatic rings. The van der Waals surface area contributed by atoms with Crippen molar-refractivity contribution in [3.8, 4) is 0 Å². The van der Waals surface area contributed by atoms with Crippen molar-refractivity contribution in [2.45, 2.75) is 31.3 Å². The lowest BCUT2D eigenvalue weighted by Gasteiger charge is -2.36. The zero-order chi connectivity index (χ0) is 14.7. The third-order valence-electron chi connectivity index (χ3n) is 3.71. The first-order valence-corrected chi connectivity index (χ1v) is 8.72. The van der Waals surface area contributed by atoms with Crippen molar-refractivity contribution in [1.29, 1.82) is 0 Å². The van der Waals surface area contributed by atoms with Crippen LogP contribution in [0, 0.1) is 0 Å². The Morgan fingerprint density at radius 3 is 2.57 bits per heavy atom. The fourth-order valence-electron chi connectivity index (χ4n) is 2.24. The third kappa shape index (κ3) is 8.47. The maximum absolute atomic E-state index is 5.70. The molecule has 21 heavy (non-hydrogen) atoms. The molecule has 1 aliphatic heterocycles. The van der Waals surface area contributed by atoms with E-state index in [1.54, 1.807) is 14.2 Å². The molecule has 126 valence electrons. The Labute approximate surface area is 150 Å². The predicted molar refractivity (Wildman–Crippen MR) is 102 cm³/mol. The van der Waals surface area contributed by atoms with Gasteiger partial charge in [-0.25, -0.2) is 0 Å². The lowest BCUT2D eigenvalue weighted by molar-refractivity contribution is -0.0855. The molecular weight excluding hydrogens is 401 g/mol. The lowest BCUT2D eigenvalue weighted by Crippen LogP contribution is -2.50. The average molecular weight is 431 g/mol. The molecule has 0 saturated carbocycles. The van der Waals surface area contributed by atoms with Crippen LogP contribution >= 0.6 is 35.7 Å². The standard InChI is InChI=1S/C14H29N3O2S.HI/c1-15-13(16-8-4-5-11-20-3)17-12-14(18-2)6-9-19-10-7-14;/h4-12H2,1-3H3,(H2,15,16,17);1H. The highest BCUT2D eigenvalue weighted by Crippen LogP contribution is 2.23. The van der Waals surface area contributed by atoms with Gasteiger partial charge in [-0.15, -0.1) is 24.0 Å². The van der Waals surface area contributed by atoms with E-state index in [1.807, 2.05) is 11.8 Å². The summed E-state index contributed by atoms with van der Waals surface area (Å²) in [6, 6.07) is 0. The van der Waals surface area contributed by atoms with Gasteiger partial charge in [0.1, 0.15) is 0 Å². The Kier molecular flexibility index (Phi) is 12.9. The number of halogens is 1. The minimum atomic E-state index is -0.116. The van der Waals surface area contributed by atoms with Gasteiger partial charge >= 0.3 is 0 Å². The van der Waals surface area contributed by atoms with E-state index >= 15 is 0 Å². The highest BCUT2D eigenvalue weighted by molar-refractivity contribution is 14.0. The largest absolute Gasteiger partial charge is 0.381 e. The molecule has 0 aromatic carbocycles. The highest BCUT2D eigenvalue weighted by atomic mass is 127. The van der Waals surface area contributed by atoms with Gasteiger partial charge in [0.25, 0.3) is 0 Å². The number of thioether (sulfide) groups is 1. The number of guanidine groups is 1. The summed E-state index contributed by atoms with van der Waals surface area (Å²) in [5.41, 5.74) is -0.116. The molecule has 1 saturated heterocycles. The smallest absolute Gasteiger partial charge is 0.191 e. The summed E-state index contributed by atoms with van der Waals surface area (Å²) >= 11 is 1.90. The van der Waals surface area contributed by atoms with Gasteiger partial charge in [0.05, 0.1) is 5.60 Å². The van der Waals surface area contributed by atoms with E-state index in [1.165, 1.54) is 18.6 Å². The van der Waals surface area contributed by atoms with Crippen molar-refractivity contribution in [2.75, 3.05) is 52.5 Å². The van der Waals surface area contributed by atoms with E-state index < -0.39 is 0 Å². The van der Waals surface area contributed by atoms with Gasteiger partial charge in [0.2, 0.25) is 0 Å². The number of hydrogen-bond acceptors (Lipinski definition) is 4. The van der Waals surface area contributed by atoms with E-state index in [2.05, 4.69) is 21.9 Å². The van der Waals surface area contributed by atoms with Gasteiger partial charge < -0.3 is 20.1 Å². The molecule has 0 aliphatic carbocycles. The second kappa shape index (κ2) is 12.8. The molecule has 5 nitrogen and oxygen atoms in total. The van der Waals surface area contributed by atoms with E-state index in [4.69, 9.17) is 9.47 Å². The Hall–Kier alpha value is 0.270. The molecule has 0 unspecified atom stereocenters. The zero-order valence-electron chi connectivity index (χ0n) is 13.4. The monoisotopic (exact) mass is 431 g/mol. The summed E-state index contributed by atoms with van der Waals surface area (Å²) in [6.45, 7) is 3.28. The summed E-state index contributed by atoms with van der Waals surface area (Å²) in [6.07, 6.45) is 6.42. The summed E-state index contributed by atoms with van der Waals surface area (Å²) in [5, 5.41) is 6.73. The van der Waals surface area contributed by atoms with Crippen molar-refractivity contribution in [3.63, 3.8) is 0 Å². The number of unbranched alkanes of at least 4 members (excludes halogenated alkanes) is 1. The van der Waals surface area contributed by atoms with Gasteiger partial charge in [-0.2, -0.15) is 11.8 Å². The predicted octanol–water partition coefficient (Wildman–Crippen LogP) is 2.11.